The normalized spacial score (nSPS) is 18.5. The Labute approximate surface area is 145 Å². The molecule has 0 amide bonds. The molecule has 1 atom stereocenters. The van der Waals surface area contributed by atoms with Crippen molar-refractivity contribution in [1.82, 2.24) is 10.1 Å². The monoisotopic (exact) mass is 378 g/mol. The summed E-state index contributed by atoms with van der Waals surface area (Å²) in [5, 5.41) is 4.31. The van der Waals surface area contributed by atoms with Crippen molar-refractivity contribution in [2.24, 2.45) is 0 Å². The zero-order valence-corrected chi connectivity index (χ0v) is 15.3. The van der Waals surface area contributed by atoms with Gasteiger partial charge < -0.3 is 9.26 Å². The first kappa shape index (κ1) is 16.5. The second-order valence-corrected chi connectivity index (χ2v) is 6.97. The maximum atomic E-state index is 5.51. The molecule has 1 aromatic carbocycles. The Morgan fingerprint density at radius 3 is 3.04 bits per heavy atom. The van der Waals surface area contributed by atoms with Crippen LogP contribution in [0.1, 0.15) is 49.2 Å². The zero-order chi connectivity index (χ0) is 16.2. The molecule has 0 spiro atoms. The summed E-state index contributed by atoms with van der Waals surface area (Å²) in [6.45, 7) is 4.10. The van der Waals surface area contributed by atoms with Gasteiger partial charge in [0.05, 0.1) is 13.2 Å². The SMILES string of the molecule is CCCc1cc([C@H]2CCCN2Cc2cc(Br)ccc2OC)no1. The lowest BCUT2D eigenvalue weighted by molar-refractivity contribution is 0.233. The van der Waals surface area contributed by atoms with Crippen LogP contribution in [0, 0.1) is 0 Å². The number of nitrogens with zero attached hydrogens (tertiary/aromatic N) is 2. The van der Waals surface area contributed by atoms with Gasteiger partial charge in [-0.15, -0.1) is 0 Å². The summed E-state index contributed by atoms with van der Waals surface area (Å²) in [7, 11) is 1.73. The lowest BCUT2D eigenvalue weighted by atomic mass is 10.1. The highest BCUT2D eigenvalue weighted by Gasteiger charge is 2.29. The number of rotatable bonds is 6. The van der Waals surface area contributed by atoms with E-state index in [1.807, 2.05) is 12.1 Å². The third-order valence-corrected chi connectivity index (χ3v) is 4.89. The van der Waals surface area contributed by atoms with E-state index in [4.69, 9.17) is 9.26 Å². The fourth-order valence-corrected chi connectivity index (χ4v) is 3.70. The number of hydrogen-bond donors (Lipinski definition) is 0. The molecule has 23 heavy (non-hydrogen) atoms. The van der Waals surface area contributed by atoms with E-state index >= 15 is 0 Å². The molecule has 124 valence electrons. The highest BCUT2D eigenvalue weighted by atomic mass is 79.9. The molecular formula is C18H23BrN2O2. The summed E-state index contributed by atoms with van der Waals surface area (Å²) < 4.78 is 12.1. The van der Waals surface area contributed by atoms with Crippen molar-refractivity contribution in [3.63, 3.8) is 0 Å². The number of hydrogen-bond acceptors (Lipinski definition) is 4. The molecule has 0 bridgehead atoms. The summed E-state index contributed by atoms with van der Waals surface area (Å²) in [5.74, 6) is 1.93. The number of likely N-dealkylation sites (tertiary alicyclic amines) is 1. The third kappa shape index (κ3) is 3.78. The van der Waals surface area contributed by atoms with E-state index in [0.717, 1.165) is 54.0 Å². The number of benzene rings is 1. The van der Waals surface area contributed by atoms with Crippen molar-refractivity contribution in [3.8, 4) is 5.75 Å². The van der Waals surface area contributed by atoms with Crippen LogP contribution in [-0.2, 0) is 13.0 Å². The van der Waals surface area contributed by atoms with Crippen molar-refractivity contribution in [3.05, 3.63) is 45.8 Å². The van der Waals surface area contributed by atoms with E-state index in [9.17, 15) is 0 Å². The maximum Gasteiger partial charge on any atom is 0.137 e. The standard InChI is InChI=1S/C18H23BrN2O2/c1-3-5-15-11-16(20-23-15)17-6-4-9-21(17)12-13-10-14(19)7-8-18(13)22-2/h7-8,10-11,17H,3-6,9,12H2,1-2H3/t17-/m1/s1. The first-order valence-corrected chi connectivity index (χ1v) is 9.02. The van der Waals surface area contributed by atoms with Gasteiger partial charge in [0.25, 0.3) is 0 Å². The molecule has 0 aliphatic carbocycles. The largest absolute Gasteiger partial charge is 0.496 e. The Balaban J connectivity index is 1.77. The minimum Gasteiger partial charge on any atom is -0.496 e. The van der Waals surface area contributed by atoms with Crippen LogP contribution in [0.15, 0.2) is 33.3 Å². The van der Waals surface area contributed by atoms with Gasteiger partial charge in [0.2, 0.25) is 0 Å². The predicted molar refractivity (Wildman–Crippen MR) is 93.6 cm³/mol. The Hall–Kier alpha value is -1.33. The molecule has 1 fully saturated rings. The van der Waals surface area contributed by atoms with Gasteiger partial charge in [0.1, 0.15) is 17.2 Å². The number of methoxy groups -OCH3 is 1. The second-order valence-electron chi connectivity index (χ2n) is 6.05. The third-order valence-electron chi connectivity index (χ3n) is 4.39. The molecule has 1 aliphatic heterocycles. The van der Waals surface area contributed by atoms with Crippen LogP contribution in [0.2, 0.25) is 0 Å². The van der Waals surface area contributed by atoms with E-state index in [0.29, 0.717) is 6.04 Å². The van der Waals surface area contributed by atoms with Crippen LogP contribution in [0.5, 0.6) is 5.75 Å². The Morgan fingerprint density at radius 1 is 1.39 bits per heavy atom. The molecule has 1 aliphatic rings. The van der Waals surface area contributed by atoms with Crippen LogP contribution >= 0.6 is 15.9 Å². The Morgan fingerprint density at radius 2 is 2.26 bits per heavy atom. The number of halogens is 1. The molecule has 2 heterocycles. The lowest BCUT2D eigenvalue weighted by Gasteiger charge is -2.23. The highest BCUT2D eigenvalue weighted by Crippen LogP contribution is 2.35. The first-order valence-electron chi connectivity index (χ1n) is 8.23. The topological polar surface area (TPSA) is 38.5 Å². The zero-order valence-electron chi connectivity index (χ0n) is 13.7. The van der Waals surface area contributed by atoms with Crippen LogP contribution in [0.3, 0.4) is 0 Å². The smallest absolute Gasteiger partial charge is 0.137 e. The van der Waals surface area contributed by atoms with Gasteiger partial charge >= 0.3 is 0 Å². The summed E-state index contributed by atoms with van der Waals surface area (Å²) in [6, 6.07) is 8.63. The van der Waals surface area contributed by atoms with Gasteiger partial charge in [0, 0.05) is 29.1 Å². The average molecular weight is 379 g/mol. The lowest BCUT2D eigenvalue weighted by Crippen LogP contribution is -2.23. The van der Waals surface area contributed by atoms with E-state index in [1.165, 1.54) is 12.0 Å². The molecule has 5 heteroatoms. The Bertz CT molecular complexity index is 656. The van der Waals surface area contributed by atoms with Crippen molar-refractivity contribution < 1.29 is 9.26 Å². The minimum absolute atomic E-state index is 0.341. The summed E-state index contributed by atoms with van der Waals surface area (Å²) in [6.07, 6.45) is 4.36. The number of aryl methyl sites for hydroxylation is 1. The van der Waals surface area contributed by atoms with Crippen LogP contribution in [-0.4, -0.2) is 23.7 Å². The molecule has 1 saturated heterocycles. The number of ether oxygens (including phenoxy) is 1. The molecule has 0 N–H and O–H groups in total. The van der Waals surface area contributed by atoms with E-state index < -0.39 is 0 Å². The van der Waals surface area contributed by atoms with E-state index in [1.54, 1.807) is 7.11 Å². The minimum atomic E-state index is 0.341. The van der Waals surface area contributed by atoms with Gasteiger partial charge in [0.15, 0.2) is 0 Å². The van der Waals surface area contributed by atoms with Crippen molar-refractivity contribution >= 4 is 15.9 Å². The second kappa shape index (κ2) is 7.49. The van der Waals surface area contributed by atoms with Gasteiger partial charge in [-0.25, -0.2) is 0 Å². The molecule has 0 radical (unpaired) electrons. The average Bonchev–Trinajstić information content (AvgIpc) is 3.17. The van der Waals surface area contributed by atoms with Crippen LogP contribution < -0.4 is 4.74 Å². The molecule has 4 nitrogen and oxygen atoms in total. The van der Waals surface area contributed by atoms with Crippen LogP contribution in [0.25, 0.3) is 0 Å². The first-order chi connectivity index (χ1) is 11.2. The van der Waals surface area contributed by atoms with Crippen LogP contribution in [0.4, 0.5) is 0 Å². The number of aromatic nitrogens is 1. The maximum absolute atomic E-state index is 5.51. The highest BCUT2D eigenvalue weighted by molar-refractivity contribution is 9.10. The van der Waals surface area contributed by atoms with Gasteiger partial charge in [-0.05, 0) is 44.0 Å². The molecular weight excluding hydrogens is 356 g/mol. The van der Waals surface area contributed by atoms with Crippen molar-refractivity contribution in [1.29, 1.82) is 0 Å². The van der Waals surface area contributed by atoms with E-state index in [-0.39, 0.29) is 0 Å². The van der Waals surface area contributed by atoms with E-state index in [2.05, 4.69) is 45.0 Å². The Kier molecular flexibility index (Phi) is 5.38. The summed E-state index contributed by atoms with van der Waals surface area (Å²) in [5.41, 5.74) is 2.27. The molecule has 0 unspecified atom stereocenters. The fourth-order valence-electron chi connectivity index (χ4n) is 3.29. The van der Waals surface area contributed by atoms with Gasteiger partial charge in [-0.1, -0.05) is 28.0 Å². The quantitative estimate of drug-likeness (QED) is 0.727. The van der Waals surface area contributed by atoms with Crippen molar-refractivity contribution in [2.75, 3.05) is 13.7 Å². The summed E-state index contributed by atoms with van der Waals surface area (Å²) in [4.78, 5) is 2.47. The molecule has 1 aromatic heterocycles. The van der Waals surface area contributed by atoms with Gasteiger partial charge in [-0.3, -0.25) is 4.90 Å². The molecule has 3 rings (SSSR count). The van der Waals surface area contributed by atoms with Gasteiger partial charge in [-0.2, -0.15) is 0 Å². The summed E-state index contributed by atoms with van der Waals surface area (Å²) >= 11 is 3.55. The van der Waals surface area contributed by atoms with Crippen molar-refractivity contribution in [2.45, 2.75) is 45.2 Å². The fraction of sp³-hybridized carbons (Fsp3) is 0.500. The molecule has 2 aromatic rings. The predicted octanol–water partition coefficient (Wildman–Crippen LogP) is 4.74. The molecule has 0 saturated carbocycles.